The Morgan fingerprint density at radius 1 is 1.00 bits per heavy atom. The fourth-order valence-electron chi connectivity index (χ4n) is 6.44. The lowest BCUT2D eigenvalue weighted by molar-refractivity contribution is -0.115. The molecule has 5 heteroatoms. The zero-order chi connectivity index (χ0) is 29.7. The number of carbonyl (C=O) groups is 1. The molecule has 0 bridgehead atoms. The summed E-state index contributed by atoms with van der Waals surface area (Å²) >= 11 is 0. The number of amides is 1. The highest BCUT2D eigenvalue weighted by Crippen LogP contribution is 2.42. The van der Waals surface area contributed by atoms with Crippen LogP contribution in [-0.4, -0.2) is 21.0 Å². The van der Waals surface area contributed by atoms with Crippen LogP contribution in [0.5, 0.6) is 5.75 Å². The zero-order valence-corrected chi connectivity index (χ0v) is 26.0. The highest BCUT2D eigenvalue weighted by atomic mass is 16.3. The first kappa shape index (κ1) is 30.5. The normalized spacial score (nSPS) is 21.9. The first-order valence-electron chi connectivity index (χ1n) is 15.3. The fraction of sp³-hybridized carbons (Fsp3) is 0.472. The number of carbonyl (C=O) groups excluding carboxylic acids is 1. The Labute approximate surface area is 246 Å². The quantitative estimate of drug-likeness (QED) is 0.310. The third-order valence-corrected chi connectivity index (χ3v) is 8.68. The number of hydrogen-bond donors (Lipinski definition) is 2. The smallest absolute Gasteiger partial charge is 0.229 e. The lowest BCUT2D eigenvalue weighted by Gasteiger charge is -2.35. The lowest BCUT2D eigenvalue weighted by Crippen LogP contribution is -2.27. The standard InChI is InChI=1S/C34H41N3O2.C2H6/c1-21-6-8-25(9-7-21)17-31(39)37-33-30(20-34(5)15-14-23(3)24(4)16-22(2)19-34)35-32-28-12-11-27(38)18-26(28)10-13-29(32)36-33;1-2/h6-9,11-12,18,22,38H,10,13-17,19-20H2,1-5H3,(H,36,37,39);1-2H3/b24-23+;. The molecule has 218 valence electrons. The third-order valence-electron chi connectivity index (χ3n) is 8.68. The van der Waals surface area contributed by atoms with Gasteiger partial charge in [-0.15, -0.1) is 0 Å². The molecule has 0 fully saturated rings. The second-order valence-electron chi connectivity index (χ2n) is 12.4. The van der Waals surface area contributed by atoms with E-state index < -0.39 is 0 Å². The molecule has 2 aliphatic carbocycles. The molecule has 2 aromatic carbocycles. The number of aryl methyl sites for hydroxylation is 3. The number of benzene rings is 2. The maximum atomic E-state index is 13.2. The molecule has 2 unspecified atom stereocenters. The van der Waals surface area contributed by atoms with Gasteiger partial charge in [-0.1, -0.05) is 68.7 Å². The average molecular weight is 554 g/mol. The van der Waals surface area contributed by atoms with E-state index in [0.717, 1.165) is 78.7 Å². The third kappa shape index (κ3) is 7.44. The minimum absolute atomic E-state index is 0.0488. The van der Waals surface area contributed by atoms with Crippen LogP contribution in [-0.2, 0) is 30.5 Å². The van der Waals surface area contributed by atoms with Crippen LogP contribution in [0.3, 0.4) is 0 Å². The predicted molar refractivity (Wildman–Crippen MR) is 169 cm³/mol. The van der Waals surface area contributed by atoms with Crippen LogP contribution in [0.1, 0.15) is 95.3 Å². The first-order valence-corrected chi connectivity index (χ1v) is 15.3. The van der Waals surface area contributed by atoms with Gasteiger partial charge in [0.1, 0.15) is 5.75 Å². The van der Waals surface area contributed by atoms with Crippen molar-refractivity contribution in [1.82, 2.24) is 9.97 Å². The molecule has 5 rings (SSSR count). The number of aromatic nitrogens is 2. The van der Waals surface area contributed by atoms with E-state index in [9.17, 15) is 9.90 Å². The van der Waals surface area contributed by atoms with Crippen molar-refractivity contribution in [3.05, 3.63) is 81.7 Å². The molecule has 1 heterocycles. The Kier molecular flexibility index (Phi) is 9.68. The Hall–Kier alpha value is -3.47. The van der Waals surface area contributed by atoms with Crippen LogP contribution in [0.15, 0.2) is 53.6 Å². The summed E-state index contributed by atoms with van der Waals surface area (Å²) in [5.74, 6) is 1.40. The van der Waals surface area contributed by atoms with Gasteiger partial charge in [-0.2, -0.15) is 0 Å². The number of nitrogens with one attached hydrogen (secondary N) is 1. The van der Waals surface area contributed by atoms with E-state index >= 15 is 0 Å². The highest BCUT2D eigenvalue weighted by Gasteiger charge is 2.32. The van der Waals surface area contributed by atoms with Gasteiger partial charge >= 0.3 is 0 Å². The lowest BCUT2D eigenvalue weighted by atomic mass is 9.70. The van der Waals surface area contributed by atoms with Crippen LogP contribution >= 0.6 is 0 Å². The summed E-state index contributed by atoms with van der Waals surface area (Å²) in [6, 6.07) is 13.6. The van der Waals surface area contributed by atoms with Crippen molar-refractivity contribution >= 4 is 11.7 Å². The summed E-state index contributed by atoms with van der Waals surface area (Å²) in [5.41, 5.74) is 10.0. The van der Waals surface area contributed by atoms with Crippen LogP contribution in [0, 0.1) is 18.3 Å². The van der Waals surface area contributed by atoms with Gasteiger partial charge in [0.05, 0.1) is 23.5 Å². The summed E-state index contributed by atoms with van der Waals surface area (Å²) in [6.07, 6.45) is 7.01. The Morgan fingerprint density at radius 3 is 2.46 bits per heavy atom. The average Bonchev–Trinajstić information content (AvgIpc) is 2.93. The van der Waals surface area contributed by atoms with Crippen molar-refractivity contribution in [2.45, 2.75) is 99.8 Å². The van der Waals surface area contributed by atoms with Crippen molar-refractivity contribution < 1.29 is 9.90 Å². The van der Waals surface area contributed by atoms with Crippen molar-refractivity contribution in [3.8, 4) is 17.0 Å². The maximum Gasteiger partial charge on any atom is 0.229 e. The number of phenolic OH excluding ortho intramolecular Hbond substituents is 1. The molecule has 2 aliphatic rings. The molecule has 5 nitrogen and oxygen atoms in total. The van der Waals surface area contributed by atoms with Crippen LogP contribution in [0.2, 0.25) is 0 Å². The second kappa shape index (κ2) is 13.0. The molecule has 41 heavy (non-hydrogen) atoms. The molecule has 0 aliphatic heterocycles. The maximum absolute atomic E-state index is 13.2. The molecule has 0 spiro atoms. The Balaban J connectivity index is 0.00000189. The molecule has 2 atom stereocenters. The molecule has 1 amide bonds. The SMILES string of the molecule is C/C1=C(/C)CC(C)CC(C)(Cc2nc3c(nc2NC(=O)Cc2ccc(C)cc2)CCc2cc(O)ccc2-3)CC1.CC. The fourth-order valence-corrected chi connectivity index (χ4v) is 6.44. The number of phenols is 1. The van der Waals surface area contributed by atoms with E-state index in [-0.39, 0.29) is 17.1 Å². The molecule has 0 saturated carbocycles. The molecular weight excluding hydrogens is 506 g/mol. The van der Waals surface area contributed by atoms with Gasteiger partial charge in [-0.05, 0) is 106 Å². The van der Waals surface area contributed by atoms with E-state index in [0.29, 0.717) is 18.2 Å². The monoisotopic (exact) mass is 553 g/mol. The van der Waals surface area contributed by atoms with Crippen molar-refractivity contribution in [2.75, 3.05) is 5.32 Å². The Bertz CT molecular complexity index is 1420. The van der Waals surface area contributed by atoms with E-state index in [2.05, 4.69) is 33.0 Å². The number of allylic oxidation sites excluding steroid dienone is 2. The summed E-state index contributed by atoms with van der Waals surface area (Å²) in [5, 5.41) is 13.2. The number of nitrogens with zero attached hydrogens (tertiary/aromatic N) is 2. The number of fused-ring (bicyclic) bond motifs is 3. The highest BCUT2D eigenvalue weighted by molar-refractivity contribution is 5.92. The zero-order valence-electron chi connectivity index (χ0n) is 26.0. The molecule has 0 saturated heterocycles. The minimum Gasteiger partial charge on any atom is -0.508 e. The van der Waals surface area contributed by atoms with Crippen molar-refractivity contribution in [3.63, 3.8) is 0 Å². The molecule has 0 radical (unpaired) electrons. The summed E-state index contributed by atoms with van der Waals surface area (Å²) in [7, 11) is 0. The summed E-state index contributed by atoms with van der Waals surface area (Å²) in [4.78, 5) is 23.5. The van der Waals surface area contributed by atoms with Crippen LogP contribution in [0.4, 0.5) is 5.82 Å². The van der Waals surface area contributed by atoms with Gasteiger partial charge in [0, 0.05) is 5.56 Å². The van der Waals surface area contributed by atoms with Gasteiger partial charge in [0.2, 0.25) is 5.91 Å². The molecular formula is C36H47N3O2. The molecule has 1 aromatic heterocycles. The van der Waals surface area contributed by atoms with Gasteiger partial charge in [-0.3, -0.25) is 4.79 Å². The molecule has 2 N–H and O–H groups in total. The van der Waals surface area contributed by atoms with Crippen molar-refractivity contribution in [1.29, 1.82) is 0 Å². The number of hydrogen-bond acceptors (Lipinski definition) is 4. The topological polar surface area (TPSA) is 75.1 Å². The number of rotatable bonds is 5. The van der Waals surface area contributed by atoms with Gasteiger partial charge in [-0.25, -0.2) is 9.97 Å². The summed E-state index contributed by atoms with van der Waals surface area (Å²) in [6.45, 7) is 15.3. The van der Waals surface area contributed by atoms with E-state index in [1.165, 1.54) is 16.7 Å². The van der Waals surface area contributed by atoms with Gasteiger partial charge in [0.25, 0.3) is 0 Å². The van der Waals surface area contributed by atoms with Gasteiger partial charge in [0.15, 0.2) is 5.82 Å². The van der Waals surface area contributed by atoms with E-state index in [1.807, 2.05) is 57.2 Å². The van der Waals surface area contributed by atoms with Crippen molar-refractivity contribution in [2.24, 2.45) is 11.3 Å². The summed E-state index contributed by atoms with van der Waals surface area (Å²) < 4.78 is 0. The molecule has 3 aromatic rings. The minimum atomic E-state index is -0.0684. The van der Waals surface area contributed by atoms with Crippen LogP contribution < -0.4 is 5.32 Å². The number of aromatic hydroxyl groups is 1. The van der Waals surface area contributed by atoms with E-state index in [4.69, 9.17) is 9.97 Å². The predicted octanol–water partition coefficient (Wildman–Crippen LogP) is 8.56. The van der Waals surface area contributed by atoms with Crippen LogP contribution in [0.25, 0.3) is 11.3 Å². The van der Waals surface area contributed by atoms with Gasteiger partial charge < -0.3 is 10.4 Å². The van der Waals surface area contributed by atoms with E-state index in [1.54, 1.807) is 6.07 Å². The first-order chi connectivity index (χ1) is 19.6. The Morgan fingerprint density at radius 2 is 1.73 bits per heavy atom. The largest absolute Gasteiger partial charge is 0.508 e. The second-order valence-corrected chi connectivity index (χ2v) is 12.4. The number of anilines is 1.